The first-order valence-corrected chi connectivity index (χ1v) is 7.58. The van der Waals surface area contributed by atoms with E-state index >= 15 is 0 Å². The predicted octanol–water partition coefficient (Wildman–Crippen LogP) is 1.11. The van der Waals surface area contributed by atoms with Crippen molar-refractivity contribution in [3.8, 4) is 0 Å². The quantitative estimate of drug-likeness (QED) is 0.483. The number of carbonyl (C=O) groups excluding carboxylic acids is 1. The van der Waals surface area contributed by atoms with Gasteiger partial charge in [-0.1, -0.05) is 6.92 Å². The molecule has 0 spiro atoms. The van der Waals surface area contributed by atoms with Crippen molar-refractivity contribution in [1.82, 2.24) is 15.2 Å². The van der Waals surface area contributed by atoms with E-state index in [2.05, 4.69) is 29.2 Å². The van der Waals surface area contributed by atoms with Crippen molar-refractivity contribution in [3.63, 3.8) is 0 Å². The number of rotatable bonds is 5. The lowest BCUT2D eigenvalue weighted by molar-refractivity contribution is 0.0916. The van der Waals surface area contributed by atoms with Gasteiger partial charge in [-0.2, -0.15) is 0 Å². The maximum atomic E-state index is 11.6. The summed E-state index contributed by atoms with van der Waals surface area (Å²) in [6, 6.07) is 2.49. The lowest BCUT2D eigenvalue weighted by Crippen LogP contribution is -2.42. The first-order valence-electron chi connectivity index (χ1n) is 7.58. The van der Waals surface area contributed by atoms with Gasteiger partial charge in [0.1, 0.15) is 5.76 Å². The summed E-state index contributed by atoms with van der Waals surface area (Å²) in [6.45, 7) is 8.23. The second-order valence-electron chi connectivity index (χ2n) is 5.78. The number of aryl methyl sites for hydroxylation is 1. The van der Waals surface area contributed by atoms with Gasteiger partial charge in [0.05, 0.1) is 6.54 Å². The zero-order valence-electron chi connectivity index (χ0n) is 13.2. The summed E-state index contributed by atoms with van der Waals surface area (Å²) in [4.78, 5) is 16.3. The van der Waals surface area contributed by atoms with E-state index in [1.807, 2.05) is 13.0 Å². The molecule has 1 fully saturated rings. The summed E-state index contributed by atoms with van der Waals surface area (Å²) in [6.07, 6.45) is 2.36. The van der Waals surface area contributed by atoms with E-state index in [-0.39, 0.29) is 5.91 Å². The second kappa shape index (κ2) is 7.06. The molecular weight excluding hydrogens is 268 g/mol. The van der Waals surface area contributed by atoms with Crippen LogP contribution in [-0.2, 0) is 6.54 Å². The third-order valence-electron chi connectivity index (χ3n) is 4.34. The molecule has 2 heterocycles. The number of amides is 1. The van der Waals surface area contributed by atoms with Gasteiger partial charge in [0.25, 0.3) is 0 Å². The fourth-order valence-electron chi connectivity index (χ4n) is 2.97. The van der Waals surface area contributed by atoms with Gasteiger partial charge in [0.15, 0.2) is 5.76 Å². The molecule has 1 aromatic rings. The number of carbonyl (C=O) groups is 1. The maximum absolute atomic E-state index is 11.6. The predicted molar refractivity (Wildman–Crippen MR) is 81.7 cm³/mol. The SMILES string of the molecule is CCN1CCC(N(C)Cc2cc(C)c(C(=O)NN)o2)CC1. The topological polar surface area (TPSA) is 74.7 Å². The van der Waals surface area contributed by atoms with Gasteiger partial charge in [0.2, 0.25) is 0 Å². The van der Waals surface area contributed by atoms with Gasteiger partial charge in [0, 0.05) is 11.6 Å². The van der Waals surface area contributed by atoms with Crippen molar-refractivity contribution in [1.29, 1.82) is 0 Å². The molecule has 2 rings (SSSR count). The first kappa shape index (κ1) is 16.0. The van der Waals surface area contributed by atoms with Gasteiger partial charge in [-0.3, -0.25) is 15.1 Å². The molecular formula is C15H26N4O2. The molecule has 21 heavy (non-hydrogen) atoms. The highest BCUT2D eigenvalue weighted by molar-refractivity contribution is 5.92. The summed E-state index contributed by atoms with van der Waals surface area (Å²) < 4.78 is 5.63. The van der Waals surface area contributed by atoms with Crippen LogP contribution >= 0.6 is 0 Å². The fourth-order valence-corrected chi connectivity index (χ4v) is 2.97. The molecule has 0 aromatic carbocycles. The number of nitrogens with two attached hydrogens (primary N) is 1. The number of nitrogens with zero attached hydrogens (tertiary/aromatic N) is 2. The molecule has 0 radical (unpaired) electrons. The Hall–Kier alpha value is -1.37. The highest BCUT2D eigenvalue weighted by Crippen LogP contribution is 2.20. The lowest BCUT2D eigenvalue weighted by Gasteiger charge is -2.35. The van der Waals surface area contributed by atoms with Crippen LogP contribution in [0.3, 0.4) is 0 Å². The van der Waals surface area contributed by atoms with Gasteiger partial charge >= 0.3 is 5.91 Å². The molecule has 0 saturated carbocycles. The molecule has 118 valence electrons. The van der Waals surface area contributed by atoms with E-state index < -0.39 is 0 Å². The Kier molecular flexibility index (Phi) is 5.39. The van der Waals surface area contributed by atoms with Crippen molar-refractivity contribution in [3.05, 3.63) is 23.2 Å². The molecule has 1 aromatic heterocycles. The molecule has 3 N–H and O–H groups in total. The molecule has 1 saturated heterocycles. The van der Waals surface area contributed by atoms with E-state index in [9.17, 15) is 4.79 Å². The van der Waals surface area contributed by atoms with Crippen LogP contribution in [0.1, 0.15) is 41.6 Å². The van der Waals surface area contributed by atoms with Crippen LogP contribution in [0.2, 0.25) is 0 Å². The smallest absolute Gasteiger partial charge is 0.301 e. The average molecular weight is 294 g/mol. The summed E-state index contributed by atoms with van der Waals surface area (Å²) in [5.74, 6) is 5.89. The van der Waals surface area contributed by atoms with Crippen molar-refractivity contribution in [2.45, 2.75) is 39.3 Å². The third-order valence-corrected chi connectivity index (χ3v) is 4.34. The van der Waals surface area contributed by atoms with Gasteiger partial charge < -0.3 is 9.32 Å². The van der Waals surface area contributed by atoms with Crippen molar-refractivity contribution in [2.75, 3.05) is 26.7 Å². The van der Waals surface area contributed by atoms with Crippen molar-refractivity contribution >= 4 is 5.91 Å². The highest BCUT2D eigenvalue weighted by atomic mass is 16.4. The van der Waals surface area contributed by atoms with Crippen LogP contribution in [0.15, 0.2) is 10.5 Å². The first-order chi connectivity index (χ1) is 10.0. The molecule has 0 unspecified atom stereocenters. The van der Waals surface area contributed by atoms with Gasteiger partial charge in [-0.15, -0.1) is 0 Å². The summed E-state index contributed by atoms with van der Waals surface area (Å²) in [5, 5.41) is 0. The van der Waals surface area contributed by atoms with Crippen LogP contribution in [0, 0.1) is 6.92 Å². The van der Waals surface area contributed by atoms with Crippen molar-refractivity contribution < 1.29 is 9.21 Å². The zero-order valence-corrected chi connectivity index (χ0v) is 13.2. The van der Waals surface area contributed by atoms with Crippen LogP contribution < -0.4 is 11.3 Å². The normalized spacial score (nSPS) is 17.4. The van der Waals surface area contributed by atoms with E-state index in [0.717, 1.165) is 37.5 Å². The maximum Gasteiger partial charge on any atom is 0.301 e. The molecule has 1 aliphatic heterocycles. The molecule has 0 atom stereocenters. The Morgan fingerprint density at radius 3 is 2.76 bits per heavy atom. The Bertz CT molecular complexity index is 478. The summed E-state index contributed by atoms with van der Waals surface area (Å²) >= 11 is 0. The lowest BCUT2D eigenvalue weighted by atomic mass is 10.0. The third kappa shape index (κ3) is 3.84. The van der Waals surface area contributed by atoms with Crippen molar-refractivity contribution in [2.24, 2.45) is 5.84 Å². The number of nitrogen functional groups attached to an aromatic ring is 1. The van der Waals surface area contributed by atoms with E-state index in [1.165, 1.54) is 12.8 Å². The van der Waals surface area contributed by atoms with E-state index in [1.54, 1.807) is 0 Å². The van der Waals surface area contributed by atoms with Crippen LogP contribution in [0.25, 0.3) is 0 Å². The largest absolute Gasteiger partial charge is 0.454 e. The Morgan fingerprint density at radius 2 is 2.19 bits per heavy atom. The minimum absolute atomic E-state index is 0.307. The second-order valence-corrected chi connectivity index (χ2v) is 5.78. The molecule has 6 nitrogen and oxygen atoms in total. The molecule has 6 heteroatoms. The number of hydrogen-bond acceptors (Lipinski definition) is 5. The summed E-state index contributed by atoms with van der Waals surface area (Å²) in [7, 11) is 2.12. The standard InChI is InChI=1S/C15H26N4O2/c1-4-19-7-5-12(6-8-19)18(3)10-13-9-11(2)14(21-13)15(20)17-16/h9,12H,4-8,10,16H2,1-3H3,(H,17,20). The fraction of sp³-hybridized carbons (Fsp3) is 0.667. The average Bonchev–Trinajstić information content (AvgIpc) is 2.87. The number of nitrogens with one attached hydrogen (secondary N) is 1. The Balaban J connectivity index is 1.94. The highest BCUT2D eigenvalue weighted by Gasteiger charge is 2.23. The summed E-state index contributed by atoms with van der Waals surface area (Å²) in [5.41, 5.74) is 2.93. The Labute approximate surface area is 126 Å². The van der Waals surface area contributed by atoms with Crippen LogP contribution in [0.4, 0.5) is 0 Å². The van der Waals surface area contributed by atoms with Crippen LogP contribution in [-0.4, -0.2) is 48.4 Å². The number of hydrazine groups is 1. The minimum atomic E-state index is -0.377. The number of hydrogen-bond donors (Lipinski definition) is 2. The molecule has 1 amide bonds. The van der Waals surface area contributed by atoms with E-state index in [4.69, 9.17) is 10.3 Å². The minimum Gasteiger partial charge on any atom is -0.454 e. The Morgan fingerprint density at radius 1 is 1.52 bits per heavy atom. The number of piperidine rings is 1. The number of furan rings is 1. The molecule has 1 aliphatic rings. The van der Waals surface area contributed by atoms with Crippen LogP contribution in [0.5, 0.6) is 0 Å². The van der Waals surface area contributed by atoms with E-state index in [0.29, 0.717) is 11.8 Å². The van der Waals surface area contributed by atoms with Gasteiger partial charge in [-0.25, -0.2) is 5.84 Å². The number of likely N-dealkylation sites (tertiary alicyclic amines) is 1. The monoisotopic (exact) mass is 294 g/mol. The van der Waals surface area contributed by atoms with Gasteiger partial charge in [-0.05, 0) is 52.5 Å². The molecule has 0 aliphatic carbocycles. The molecule has 0 bridgehead atoms. The zero-order chi connectivity index (χ0) is 15.4.